The molecule has 0 saturated carbocycles. The molecule has 7 heteroatoms. The summed E-state index contributed by atoms with van der Waals surface area (Å²) in [7, 11) is 0. The van der Waals surface area contributed by atoms with Gasteiger partial charge in [0.1, 0.15) is 24.4 Å². The molecule has 2 heterocycles. The number of aryl methyl sites for hydroxylation is 1. The van der Waals surface area contributed by atoms with Gasteiger partial charge in [-0.15, -0.1) is 0 Å². The smallest absolute Gasteiger partial charge is 0.260 e. The second-order valence-corrected chi connectivity index (χ2v) is 8.38. The highest BCUT2D eigenvalue weighted by molar-refractivity contribution is 7.22. The van der Waals surface area contributed by atoms with Gasteiger partial charge in [0.2, 0.25) is 0 Å². The van der Waals surface area contributed by atoms with Crippen LogP contribution in [0.4, 0.5) is 9.52 Å². The molecule has 1 saturated heterocycles. The number of amides is 1. The fraction of sp³-hybridized carbons (Fsp3) is 0.364. The number of nitrogens with one attached hydrogen (secondary N) is 1. The summed E-state index contributed by atoms with van der Waals surface area (Å²) in [5.41, 5.74) is 2.05. The van der Waals surface area contributed by atoms with Crippen LogP contribution in [0.3, 0.4) is 0 Å². The topological polar surface area (TPSA) is 46.9 Å². The lowest BCUT2D eigenvalue weighted by Gasteiger charge is -2.25. The lowest BCUT2D eigenvalue weighted by atomic mass is 10.1. The number of morpholine rings is 1. The summed E-state index contributed by atoms with van der Waals surface area (Å²) < 4.78 is 20.3. The van der Waals surface area contributed by atoms with E-state index in [2.05, 4.69) is 4.98 Å². The molecule has 4 rings (SSSR count). The van der Waals surface area contributed by atoms with Gasteiger partial charge in [0, 0.05) is 18.5 Å². The molecule has 29 heavy (non-hydrogen) atoms. The van der Waals surface area contributed by atoms with E-state index in [9.17, 15) is 9.18 Å². The molecule has 1 aromatic heterocycles. The van der Waals surface area contributed by atoms with Crippen molar-refractivity contribution in [2.24, 2.45) is 0 Å². The molecule has 5 nitrogen and oxygen atoms in total. The van der Waals surface area contributed by atoms with Crippen molar-refractivity contribution in [3.63, 3.8) is 0 Å². The Bertz CT molecular complexity index is 983. The predicted molar refractivity (Wildman–Crippen MR) is 113 cm³/mol. The third-order valence-electron chi connectivity index (χ3n) is 5.24. The van der Waals surface area contributed by atoms with Crippen molar-refractivity contribution in [3.05, 3.63) is 59.4 Å². The highest BCUT2D eigenvalue weighted by Gasteiger charge is 2.23. The van der Waals surface area contributed by atoms with Crippen LogP contribution in [0.2, 0.25) is 0 Å². The number of rotatable bonds is 6. The Morgan fingerprint density at radius 3 is 2.69 bits per heavy atom. The predicted octanol–water partition coefficient (Wildman–Crippen LogP) is 2.70. The van der Waals surface area contributed by atoms with Crippen molar-refractivity contribution in [1.29, 1.82) is 0 Å². The van der Waals surface area contributed by atoms with Gasteiger partial charge in [0.25, 0.3) is 5.91 Å². The number of aromatic nitrogens is 1. The van der Waals surface area contributed by atoms with E-state index < -0.39 is 0 Å². The Kier molecular flexibility index (Phi) is 6.18. The Balaban J connectivity index is 1.57. The van der Waals surface area contributed by atoms with E-state index in [-0.39, 0.29) is 11.7 Å². The lowest BCUT2D eigenvalue weighted by molar-refractivity contribution is -0.908. The number of anilines is 1. The summed E-state index contributed by atoms with van der Waals surface area (Å²) in [6.45, 7) is 7.10. The largest absolute Gasteiger partial charge is 0.370 e. The molecular formula is C22H25FN3O2S+. The number of nitrogens with zero attached hydrogens (tertiary/aromatic N) is 2. The zero-order valence-corrected chi connectivity index (χ0v) is 17.3. The minimum Gasteiger partial charge on any atom is -0.370 e. The van der Waals surface area contributed by atoms with Gasteiger partial charge in [-0.05, 0) is 31.2 Å². The first-order valence-electron chi connectivity index (χ1n) is 9.97. The Morgan fingerprint density at radius 1 is 1.21 bits per heavy atom. The molecule has 0 spiro atoms. The van der Waals surface area contributed by atoms with Gasteiger partial charge in [-0.1, -0.05) is 35.1 Å². The molecule has 152 valence electrons. The van der Waals surface area contributed by atoms with Crippen LogP contribution in [0, 0.1) is 12.7 Å². The van der Waals surface area contributed by atoms with E-state index in [1.807, 2.05) is 37.3 Å². The first kappa shape index (κ1) is 19.9. The number of quaternary nitrogens is 1. The van der Waals surface area contributed by atoms with Crippen LogP contribution >= 0.6 is 11.3 Å². The number of hydrogen-bond donors (Lipinski definition) is 1. The molecule has 0 atom stereocenters. The molecule has 0 aliphatic carbocycles. The van der Waals surface area contributed by atoms with Crippen LogP contribution in [0.5, 0.6) is 0 Å². The molecule has 2 aromatic carbocycles. The maximum Gasteiger partial charge on any atom is 0.260 e. The fourth-order valence-corrected chi connectivity index (χ4v) is 4.56. The van der Waals surface area contributed by atoms with Crippen molar-refractivity contribution in [1.82, 2.24) is 4.98 Å². The van der Waals surface area contributed by atoms with E-state index in [4.69, 9.17) is 4.74 Å². The molecule has 0 radical (unpaired) electrons. The van der Waals surface area contributed by atoms with Gasteiger partial charge in [-0.25, -0.2) is 9.37 Å². The molecular weight excluding hydrogens is 389 g/mol. The summed E-state index contributed by atoms with van der Waals surface area (Å²) in [4.78, 5) is 20.9. The van der Waals surface area contributed by atoms with Crippen LogP contribution < -0.4 is 9.80 Å². The lowest BCUT2D eigenvalue weighted by Crippen LogP contribution is -3.14. The van der Waals surface area contributed by atoms with Gasteiger partial charge in [0.15, 0.2) is 5.13 Å². The van der Waals surface area contributed by atoms with Crippen LogP contribution in [0.15, 0.2) is 42.5 Å². The zero-order chi connectivity index (χ0) is 20.2. The summed E-state index contributed by atoms with van der Waals surface area (Å²) in [6.07, 6.45) is 0.853. The number of para-hydroxylation sites is 1. The number of thiazole rings is 1. The number of hydrogen-bond acceptors (Lipinski definition) is 4. The van der Waals surface area contributed by atoms with Crippen LogP contribution in [0.25, 0.3) is 10.2 Å². The van der Waals surface area contributed by atoms with E-state index in [0.717, 1.165) is 49.5 Å². The Hall–Kier alpha value is -2.35. The number of carbonyl (C=O) groups excluding carboxylic acids is 1. The molecule has 3 aromatic rings. The Labute approximate surface area is 173 Å². The average molecular weight is 415 g/mol. The standard InChI is InChI=1S/C22H24FN3O2S/c1-16-6-8-17(9-7-16)21(27)26(11-3-10-25-12-14-28-15-13-25)22-24-20-18(23)4-2-5-19(20)29-22/h2,4-9H,3,10-15H2,1H3/p+1. The van der Waals surface area contributed by atoms with Gasteiger partial charge >= 0.3 is 0 Å². The van der Waals surface area contributed by atoms with Gasteiger partial charge < -0.3 is 9.64 Å². The van der Waals surface area contributed by atoms with Crippen molar-refractivity contribution in [2.45, 2.75) is 13.3 Å². The quantitative estimate of drug-likeness (QED) is 0.675. The summed E-state index contributed by atoms with van der Waals surface area (Å²) in [5.74, 6) is -0.452. The zero-order valence-electron chi connectivity index (χ0n) is 16.5. The third-order valence-corrected chi connectivity index (χ3v) is 6.29. The van der Waals surface area contributed by atoms with E-state index in [1.165, 1.54) is 22.3 Å². The van der Waals surface area contributed by atoms with E-state index >= 15 is 0 Å². The molecule has 0 unspecified atom stereocenters. The number of carbonyl (C=O) groups is 1. The van der Waals surface area contributed by atoms with Gasteiger partial charge in [-0.2, -0.15) is 0 Å². The molecule has 1 amide bonds. The highest BCUT2D eigenvalue weighted by Crippen LogP contribution is 2.31. The molecule has 1 aliphatic rings. The minimum absolute atomic E-state index is 0.0959. The number of ether oxygens (including phenoxy) is 1. The summed E-state index contributed by atoms with van der Waals surface area (Å²) in [6, 6.07) is 12.5. The summed E-state index contributed by atoms with van der Waals surface area (Å²) >= 11 is 1.36. The van der Waals surface area contributed by atoms with Crippen molar-refractivity contribution < 1.29 is 18.8 Å². The monoisotopic (exact) mass is 414 g/mol. The number of fused-ring (bicyclic) bond motifs is 1. The van der Waals surface area contributed by atoms with Crippen LogP contribution in [-0.4, -0.2) is 50.3 Å². The normalized spacial score (nSPS) is 15.0. The van der Waals surface area contributed by atoms with Crippen molar-refractivity contribution >= 4 is 32.6 Å². The molecule has 1 aliphatic heterocycles. The average Bonchev–Trinajstić information content (AvgIpc) is 3.17. The first-order valence-corrected chi connectivity index (χ1v) is 10.8. The summed E-state index contributed by atoms with van der Waals surface area (Å²) in [5, 5.41) is 0.549. The van der Waals surface area contributed by atoms with E-state index in [1.54, 1.807) is 11.0 Å². The van der Waals surface area contributed by atoms with Crippen LogP contribution in [0.1, 0.15) is 22.3 Å². The first-order chi connectivity index (χ1) is 14.1. The maximum absolute atomic E-state index is 14.2. The highest BCUT2D eigenvalue weighted by atomic mass is 32.1. The van der Waals surface area contributed by atoms with Crippen molar-refractivity contribution in [2.75, 3.05) is 44.3 Å². The maximum atomic E-state index is 14.2. The number of halogens is 1. The minimum atomic E-state index is -0.356. The Morgan fingerprint density at radius 2 is 1.97 bits per heavy atom. The third kappa shape index (κ3) is 4.63. The molecule has 1 fully saturated rings. The van der Waals surface area contributed by atoms with Crippen molar-refractivity contribution in [3.8, 4) is 0 Å². The molecule has 1 N–H and O–H groups in total. The van der Waals surface area contributed by atoms with E-state index in [0.29, 0.717) is 22.8 Å². The van der Waals surface area contributed by atoms with Crippen LogP contribution in [-0.2, 0) is 4.74 Å². The number of benzene rings is 2. The fourth-order valence-electron chi connectivity index (χ4n) is 3.55. The van der Waals surface area contributed by atoms with Gasteiger partial charge in [-0.3, -0.25) is 9.69 Å². The second kappa shape index (κ2) is 8.98. The second-order valence-electron chi connectivity index (χ2n) is 7.37. The van der Waals surface area contributed by atoms with Gasteiger partial charge in [0.05, 0.1) is 24.5 Å². The SMILES string of the molecule is Cc1ccc(C(=O)N(CCC[NH+]2CCOCC2)c2nc3c(F)cccc3s2)cc1. The molecule has 0 bridgehead atoms.